The van der Waals surface area contributed by atoms with Crippen LogP contribution in [0.5, 0.6) is 0 Å². The minimum absolute atomic E-state index is 0.461. The zero-order valence-corrected chi connectivity index (χ0v) is 11.5. The standard InChI is InChI=1S/C15H28N2O/c16-12-10-13-4-3-5-14(11-12)17(13)8-7-15-6-1-2-9-18-15/h12-15H,1-11,16H2. The molecule has 3 heteroatoms. The Morgan fingerprint density at radius 2 is 1.78 bits per heavy atom. The van der Waals surface area contributed by atoms with E-state index in [9.17, 15) is 0 Å². The highest BCUT2D eigenvalue weighted by atomic mass is 16.5. The number of hydrogen-bond acceptors (Lipinski definition) is 3. The molecule has 3 atom stereocenters. The van der Waals surface area contributed by atoms with E-state index in [1.54, 1.807) is 0 Å². The van der Waals surface area contributed by atoms with E-state index in [1.165, 1.54) is 64.3 Å². The van der Waals surface area contributed by atoms with Gasteiger partial charge in [0.1, 0.15) is 0 Å². The Labute approximate surface area is 111 Å². The third-order valence-corrected chi connectivity index (χ3v) is 5.15. The molecule has 3 fully saturated rings. The molecule has 3 heterocycles. The molecule has 0 radical (unpaired) electrons. The van der Waals surface area contributed by atoms with Crippen LogP contribution in [0, 0.1) is 0 Å². The molecule has 3 rings (SSSR count). The van der Waals surface area contributed by atoms with Gasteiger partial charge in [0, 0.05) is 31.3 Å². The van der Waals surface area contributed by atoms with Gasteiger partial charge in [-0.3, -0.25) is 4.90 Å². The van der Waals surface area contributed by atoms with Gasteiger partial charge in [-0.25, -0.2) is 0 Å². The van der Waals surface area contributed by atoms with Crippen molar-refractivity contribution in [3.63, 3.8) is 0 Å². The Bertz CT molecular complexity index is 251. The first kappa shape index (κ1) is 12.9. The fraction of sp³-hybridized carbons (Fsp3) is 1.00. The second-order valence-corrected chi connectivity index (χ2v) is 6.49. The first-order chi connectivity index (χ1) is 8.83. The normalized spacial score (nSPS) is 41.8. The molecule has 3 unspecified atom stereocenters. The molecular formula is C15H28N2O. The first-order valence-corrected chi connectivity index (χ1v) is 7.96. The summed E-state index contributed by atoms with van der Waals surface area (Å²) in [5.74, 6) is 0. The highest BCUT2D eigenvalue weighted by Gasteiger charge is 2.36. The maximum Gasteiger partial charge on any atom is 0.0587 e. The fourth-order valence-corrected chi connectivity index (χ4v) is 4.21. The van der Waals surface area contributed by atoms with Crippen LogP contribution in [0.25, 0.3) is 0 Å². The molecule has 104 valence electrons. The van der Waals surface area contributed by atoms with Crippen molar-refractivity contribution in [2.24, 2.45) is 5.73 Å². The van der Waals surface area contributed by atoms with Crippen LogP contribution in [0.4, 0.5) is 0 Å². The Hall–Kier alpha value is -0.120. The van der Waals surface area contributed by atoms with Gasteiger partial charge in [0.2, 0.25) is 0 Å². The Kier molecular flexibility index (Phi) is 4.22. The summed E-state index contributed by atoms with van der Waals surface area (Å²) in [6.45, 7) is 2.23. The number of nitrogens with two attached hydrogens (primary N) is 1. The molecule has 0 aliphatic carbocycles. The van der Waals surface area contributed by atoms with Crippen LogP contribution in [0.1, 0.15) is 57.8 Å². The van der Waals surface area contributed by atoms with Crippen LogP contribution in [-0.2, 0) is 4.74 Å². The van der Waals surface area contributed by atoms with Crippen molar-refractivity contribution in [1.82, 2.24) is 4.90 Å². The van der Waals surface area contributed by atoms with Crippen molar-refractivity contribution in [2.75, 3.05) is 13.2 Å². The summed E-state index contributed by atoms with van der Waals surface area (Å²) in [6, 6.07) is 2.01. The Morgan fingerprint density at radius 1 is 1.00 bits per heavy atom. The molecule has 0 amide bonds. The molecule has 0 saturated carbocycles. The lowest BCUT2D eigenvalue weighted by Gasteiger charge is -2.48. The minimum Gasteiger partial charge on any atom is -0.378 e. The molecule has 3 aliphatic heterocycles. The molecule has 3 saturated heterocycles. The fourth-order valence-electron chi connectivity index (χ4n) is 4.21. The van der Waals surface area contributed by atoms with Gasteiger partial charge >= 0.3 is 0 Å². The zero-order valence-electron chi connectivity index (χ0n) is 11.5. The van der Waals surface area contributed by atoms with E-state index in [4.69, 9.17) is 10.5 Å². The summed E-state index contributed by atoms with van der Waals surface area (Å²) in [7, 11) is 0. The highest BCUT2D eigenvalue weighted by Crippen LogP contribution is 2.33. The van der Waals surface area contributed by atoms with Gasteiger partial charge in [0.15, 0.2) is 0 Å². The summed E-state index contributed by atoms with van der Waals surface area (Å²) in [5, 5.41) is 0. The number of hydrogen-bond donors (Lipinski definition) is 1. The summed E-state index contributed by atoms with van der Waals surface area (Å²) in [4.78, 5) is 2.77. The van der Waals surface area contributed by atoms with Crippen molar-refractivity contribution < 1.29 is 4.74 Å². The predicted molar refractivity (Wildman–Crippen MR) is 73.6 cm³/mol. The molecule has 2 bridgehead atoms. The number of ether oxygens (including phenoxy) is 1. The third-order valence-electron chi connectivity index (χ3n) is 5.15. The van der Waals surface area contributed by atoms with E-state index in [0.29, 0.717) is 12.1 Å². The van der Waals surface area contributed by atoms with E-state index < -0.39 is 0 Å². The highest BCUT2D eigenvalue weighted by molar-refractivity contribution is 4.94. The van der Waals surface area contributed by atoms with Gasteiger partial charge in [-0.05, 0) is 51.4 Å². The van der Waals surface area contributed by atoms with Crippen LogP contribution >= 0.6 is 0 Å². The Morgan fingerprint density at radius 3 is 2.44 bits per heavy atom. The lowest BCUT2D eigenvalue weighted by atomic mass is 9.82. The van der Waals surface area contributed by atoms with Gasteiger partial charge in [-0.1, -0.05) is 6.42 Å². The number of nitrogens with zero attached hydrogens (tertiary/aromatic N) is 1. The van der Waals surface area contributed by atoms with Crippen LogP contribution < -0.4 is 5.73 Å². The van der Waals surface area contributed by atoms with Gasteiger partial charge in [-0.2, -0.15) is 0 Å². The van der Waals surface area contributed by atoms with Crippen LogP contribution in [0.3, 0.4) is 0 Å². The lowest BCUT2D eigenvalue weighted by molar-refractivity contribution is -0.0176. The largest absolute Gasteiger partial charge is 0.378 e. The van der Waals surface area contributed by atoms with Crippen molar-refractivity contribution in [3.8, 4) is 0 Å². The summed E-state index contributed by atoms with van der Waals surface area (Å²) >= 11 is 0. The second kappa shape index (κ2) is 5.89. The second-order valence-electron chi connectivity index (χ2n) is 6.49. The molecule has 0 aromatic carbocycles. The molecule has 2 N–H and O–H groups in total. The molecule has 18 heavy (non-hydrogen) atoms. The van der Waals surface area contributed by atoms with Crippen molar-refractivity contribution in [2.45, 2.75) is 82.0 Å². The monoisotopic (exact) mass is 252 g/mol. The number of piperidine rings is 2. The minimum atomic E-state index is 0.461. The molecule has 0 spiro atoms. The van der Waals surface area contributed by atoms with Crippen molar-refractivity contribution in [1.29, 1.82) is 0 Å². The maximum absolute atomic E-state index is 6.17. The SMILES string of the molecule is NC1CC2CCCC(C1)N2CCC1CCCCO1. The summed E-state index contributed by atoms with van der Waals surface area (Å²) < 4.78 is 5.86. The number of fused-ring (bicyclic) bond motifs is 2. The lowest BCUT2D eigenvalue weighted by Crippen LogP contribution is -2.55. The summed E-state index contributed by atoms with van der Waals surface area (Å²) in [5.41, 5.74) is 6.17. The van der Waals surface area contributed by atoms with E-state index >= 15 is 0 Å². The van der Waals surface area contributed by atoms with E-state index in [-0.39, 0.29) is 0 Å². The van der Waals surface area contributed by atoms with Crippen LogP contribution in [0.2, 0.25) is 0 Å². The van der Waals surface area contributed by atoms with Gasteiger partial charge in [-0.15, -0.1) is 0 Å². The topological polar surface area (TPSA) is 38.5 Å². The molecule has 3 aliphatic rings. The van der Waals surface area contributed by atoms with Crippen LogP contribution in [0.15, 0.2) is 0 Å². The predicted octanol–water partition coefficient (Wildman–Crippen LogP) is 2.29. The van der Waals surface area contributed by atoms with E-state index in [0.717, 1.165) is 18.7 Å². The average Bonchev–Trinajstić information content (AvgIpc) is 2.37. The van der Waals surface area contributed by atoms with Crippen LogP contribution in [-0.4, -0.2) is 42.3 Å². The van der Waals surface area contributed by atoms with Crippen molar-refractivity contribution >= 4 is 0 Å². The number of rotatable bonds is 3. The first-order valence-electron chi connectivity index (χ1n) is 7.96. The van der Waals surface area contributed by atoms with Crippen molar-refractivity contribution in [3.05, 3.63) is 0 Å². The quantitative estimate of drug-likeness (QED) is 0.837. The van der Waals surface area contributed by atoms with Gasteiger partial charge in [0.25, 0.3) is 0 Å². The molecular weight excluding hydrogens is 224 g/mol. The van der Waals surface area contributed by atoms with Gasteiger partial charge in [0.05, 0.1) is 6.10 Å². The zero-order chi connectivity index (χ0) is 12.4. The molecule has 0 aromatic heterocycles. The summed E-state index contributed by atoms with van der Waals surface area (Å²) in [6.07, 6.45) is 12.3. The van der Waals surface area contributed by atoms with Gasteiger partial charge < -0.3 is 10.5 Å². The maximum atomic E-state index is 6.17. The molecule has 0 aromatic rings. The smallest absolute Gasteiger partial charge is 0.0587 e. The Balaban J connectivity index is 1.51. The molecule has 3 nitrogen and oxygen atoms in total. The average molecular weight is 252 g/mol. The third kappa shape index (κ3) is 2.89. The van der Waals surface area contributed by atoms with E-state index in [1.807, 2.05) is 0 Å². The van der Waals surface area contributed by atoms with E-state index in [2.05, 4.69) is 4.90 Å².